The smallest absolute Gasteiger partial charge is 0.336 e. The fraction of sp³-hybridized carbons (Fsp3) is 0.538. The summed E-state index contributed by atoms with van der Waals surface area (Å²) in [6.45, 7) is 8.80. The van der Waals surface area contributed by atoms with Crippen molar-refractivity contribution in [2.45, 2.75) is 59.0 Å². The molecule has 34 heavy (non-hydrogen) atoms. The minimum Gasteiger partial charge on any atom is -0.503 e. The van der Waals surface area contributed by atoms with Gasteiger partial charge >= 0.3 is 5.97 Å². The van der Waals surface area contributed by atoms with E-state index in [1.165, 1.54) is 0 Å². The maximum atomic E-state index is 13.4. The summed E-state index contributed by atoms with van der Waals surface area (Å²) in [5, 5.41) is 13.8. The second kappa shape index (κ2) is 9.62. The summed E-state index contributed by atoms with van der Waals surface area (Å²) < 4.78 is 16.8. The lowest BCUT2D eigenvalue weighted by Crippen LogP contribution is -2.43. The number of allylic oxidation sites excluding steroid dienone is 3. The Bertz CT molecular complexity index is 1050. The number of benzene rings is 1. The first-order valence-electron chi connectivity index (χ1n) is 11.8. The molecule has 4 rings (SSSR count). The standard InChI is InChI=1S/C26H32ClNO6/c1-5-32-20-10-15(9-17(27)24(20)30)22-21(25(31)34-13-16-7-6-8-33-16)14(2)28-18-11-26(3,4)12-19(29)23(18)22/h9-11,16,22-23,28,30H,5-8,12-13H2,1-4H3. The van der Waals surface area contributed by atoms with E-state index in [0.29, 0.717) is 36.5 Å². The van der Waals surface area contributed by atoms with Crippen LogP contribution in [0.5, 0.6) is 11.5 Å². The molecule has 2 heterocycles. The van der Waals surface area contributed by atoms with E-state index in [9.17, 15) is 14.7 Å². The molecule has 2 N–H and O–H groups in total. The second-order valence-corrected chi connectivity index (χ2v) is 10.3. The minimum absolute atomic E-state index is 0.0269. The number of rotatable bonds is 6. The summed E-state index contributed by atoms with van der Waals surface area (Å²) in [7, 11) is 0. The highest BCUT2D eigenvalue weighted by Crippen LogP contribution is 2.49. The van der Waals surface area contributed by atoms with E-state index < -0.39 is 17.8 Å². The fourth-order valence-corrected chi connectivity index (χ4v) is 5.38. The highest BCUT2D eigenvalue weighted by molar-refractivity contribution is 6.32. The summed E-state index contributed by atoms with van der Waals surface area (Å²) in [5.41, 5.74) is 2.07. The van der Waals surface area contributed by atoms with Gasteiger partial charge < -0.3 is 24.6 Å². The Morgan fingerprint density at radius 3 is 2.76 bits per heavy atom. The number of aromatic hydroxyl groups is 1. The van der Waals surface area contributed by atoms with Crippen LogP contribution < -0.4 is 10.1 Å². The third-order valence-electron chi connectivity index (χ3n) is 6.59. The molecule has 0 aromatic heterocycles. The fourth-order valence-electron chi connectivity index (χ4n) is 5.16. The Morgan fingerprint density at radius 1 is 1.32 bits per heavy atom. The molecule has 3 atom stereocenters. The van der Waals surface area contributed by atoms with Crippen LogP contribution in [0.3, 0.4) is 0 Å². The Hall–Kier alpha value is -2.51. The van der Waals surface area contributed by atoms with Crippen LogP contribution in [-0.2, 0) is 19.1 Å². The maximum absolute atomic E-state index is 13.4. The molecule has 0 spiro atoms. The van der Waals surface area contributed by atoms with Gasteiger partial charge in [0, 0.05) is 30.3 Å². The summed E-state index contributed by atoms with van der Waals surface area (Å²) >= 11 is 6.35. The molecule has 1 aromatic rings. The molecule has 0 bridgehead atoms. The highest BCUT2D eigenvalue weighted by Gasteiger charge is 2.46. The number of hydrogen-bond donors (Lipinski definition) is 2. The number of phenolic OH excluding ortho intramolecular Hbond substituents is 1. The Labute approximate surface area is 205 Å². The molecule has 1 aromatic carbocycles. The van der Waals surface area contributed by atoms with Crippen molar-refractivity contribution in [3.05, 3.63) is 45.8 Å². The van der Waals surface area contributed by atoms with Crippen LogP contribution in [0.15, 0.2) is 35.2 Å². The number of carbonyl (C=O) groups is 2. The number of esters is 1. The number of hydrogen-bond acceptors (Lipinski definition) is 7. The lowest BCUT2D eigenvalue weighted by molar-refractivity contribution is -0.143. The topological polar surface area (TPSA) is 94.1 Å². The van der Waals surface area contributed by atoms with Crippen LogP contribution in [0.2, 0.25) is 5.02 Å². The van der Waals surface area contributed by atoms with Crippen molar-refractivity contribution in [3.8, 4) is 11.5 Å². The van der Waals surface area contributed by atoms with Gasteiger partial charge in [-0.15, -0.1) is 0 Å². The van der Waals surface area contributed by atoms with E-state index in [4.69, 9.17) is 25.8 Å². The monoisotopic (exact) mass is 489 g/mol. The summed E-state index contributed by atoms with van der Waals surface area (Å²) in [6.07, 6.45) is 4.10. The number of ketones is 1. The number of Topliss-reactive ketones (excluding diaryl/α,β-unsaturated/α-hetero) is 1. The minimum atomic E-state index is -0.634. The third-order valence-corrected chi connectivity index (χ3v) is 6.88. The molecule has 1 aliphatic carbocycles. The SMILES string of the molecule is CCOc1cc(C2C(C(=O)OCC3CCCO3)=C(C)NC3=CC(C)(C)CC(=O)C32)cc(Cl)c1O. The number of phenols is 1. The summed E-state index contributed by atoms with van der Waals surface area (Å²) in [4.78, 5) is 26.8. The van der Waals surface area contributed by atoms with Crippen molar-refractivity contribution < 1.29 is 28.9 Å². The van der Waals surface area contributed by atoms with Crippen molar-refractivity contribution in [3.63, 3.8) is 0 Å². The van der Waals surface area contributed by atoms with Crippen LogP contribution in [0.4, 0.5) is 0 Å². The Morgan fingerprint density at radius 2 is 2.09 bits per heavy atom. The van der Waals surface area contributed by atoms with Gasteiger partial charge in [0.1, 0.15) is 12.4 Å². The van der Waals surface area contributed by atoms with E-state index in [0.717, 1.165) is 18.5 Å². The summed E-state index contributed by atoms with van der Waals surface area (Å²) in [5.74, 6) is -1.66. The molecule has 3 unspecified atom stereocenters. The lowest BCUT2D eigenvalue weighted by atomic mass is 9.66. The zero-order valence-electron chi connectivity index (χ0n) is 20.1. The number of halogens is 1. The Kier molecular flexibility index (Phi) is 6.97. The molecule has 2 aliphatic heterocycles. The van der Waals surface area contributed by atoms with Gasteiger partial charge in [-0.1, -0.05) is 31.5 Å². The van der Waals surface area contributed by atoms with Gasteiger partial charge in [-0.3, -0.25) is 4.79 Å². The van der Waals surface area contributed by atoms with Crippen molar-refractivity contribution in [1.29, 1.82) is 0 Å². The van der Waals surface area contributed by atoms with Crippen LogP contribution in [-0.4, -0.2) is 42.8 Å². The van der Waals surface area contributed by atoms with E-state index in [1.807, 2.05) is 20.8 Å². The van der Waals surface area contributed by atoms with Gasteiger partial charge in [-0.25, -0.2) is 4.79 Å². The molecule has 0 radical (unpaired) electrons. The van der Waals surface area contributed by atoms with Crippen molar-refractivity contribution in [2.24, 2.45) is 11.3 Å². The van der Waals surface area contributed by atoms with Gasteiger partial charge in [0.2, 0.25) is 0 Å². The van der Waals surface area contributed by atoms with Crippen molar-refractivity contribution in [2.75, 3.05) is 19.8 Å². The largest absolute Gasteiger partial charge is 0.503 e. The first-order valence-corrected chi connectivity index (χ1v) is 12.2. The molecule has 184 valence electrons. The molecular weight excluding hydrogens is 458 g/mol. The average molecular weight is 490 g/mol. The van der Waals surface area contributed by atoms with Crippen LogP contribution in [0.1, 0.15) is 58.4 Å². The number of carbonyl (C=O) groups excluding carboxylic acids is 2. The van der Waals surface area contributed by atoms with E-state index in [1.54, 1.807) is 19.1 Å². The predicted molar refractivity (Wildman–Crippen MR) is 128 cm³/mol. The predicted octanol–water partition coefficient (Wildman–Crippen LogP) is 4.63. The van der Waals surface area contributed by atoms with Crippen LogP contribution in [0, 0.1) is 11.3 Å². The molecule has 0 amide bonds. The molecule has 3 aliphatic rings. The van der Waals surface area contributed by atoms with Crippen molar-refractivity contribution >= 4 is 23.4 Å². The molecule has 1 fully saturated rings. The normalized spacial score (nSPS) is 26.0. The molecule has 0 saturated carbocycles. The number of ether oxygens (including phenoxy) is 3. The second-order valence-electron chi connectivity index (χ2n) is 9.87. The number of nitrogens with one attached hydrogen (secondary N) is 1. The van der Waals surface area contributed by atoms with Gasteiger partial charge in [0.25, 0.3) is 0 Å². The zero-order valence-corrected chi connectivity index (χ0v) is 20.8. The number of fused-ring (bicyclic) bond motifs is 1. The van der Waals surface area contributed by atoms with E-state index in [-0.39, 0.29) is 40.4 Å². The molecule has 1 saturated heterocycles. The van der Waals surface area contributed by atoms with Gasteiger partial charge in [-0.05, 0) is 49.8 Å². The van der Waals surface area contributed by atoms with Gasteiger partial charge in [0.15, 0.2) is 11.5 Å². The van der Waals surface area contributed by atoms with Gasteiger partial charge in [-0.2, -0.15) is 0 Å². The average Bonchev–Trinajstić information content (AvgIpc) is 3.27. The lowest BCUT2D eigenvalue weighted by Gasteiger charge is -2.41. The van der Waals surface area contributed by atoms with Crippen LogP contribution >= 0.6 is 11.6 Å². The van der Waals surface area contributed by atoms with Gasteiger partial charge in [0.05, 0.1) is 29.2 Å². The third kappa shape index (κ3) is 4.82. The summed E-state index contributed by atoms with van der Waals surface area (Å²) in [6, 6.07) is 3.26. The van der Waals surface area contributed by atoms with Crippen molar-refractivity contribution in [1.82, 2.24) is 5.32 Å². The zero-order chi connectivity index (χ0) is 24.6. The highest BCUT2D eigenvalue weighted by atomic mass is 35.5. The first kappa shape index (κ1) is 24.6. The molecule has 8 heteroatoms. The van der Waals surface area contributed by atoms with E-state index >= 15 is 0 Å². The quantitative estimate of drug-likeness (QED) is 0.563. The van der Waals surface area contributed by atoms with Crippen LogP contribution in [0.25, 0.3) is 0 Å². The molecule has 7 nitrogen and oxygen atoms in total. The Balaban J connectivity index is 1.80. The first-order chi connectivity index (χ1) is 16.1. The van der Waals surface area contributed by atoms with E-state index in [2.05, 4.69) is 11.4 Å². The maximum Gasteiger partial charge on any atom is 0.336 e. The molecular formula is C26H32ClNO6.